The monoisotopic (exact) mass is 292 g/mol. The molecule has 0 unspecified atom stereocenters. The lowest BCUT2D eigenvalue weighted by Crippen LogP contribution is -2.20. The number of aromatic nitrogens is 1. The van der Waals surface area contributed by atoms with E-state index in [2.05, 4.69) is 10.5 Å². The van der Waals surface area contributed by atoms with Gasteiger partial charge in [-0.2, -0.15) is 0 Å². The lowest BCUT2D eigenvalue weighted by Gasteiger charge is -2.12. The zero-order valence-corrected chi connectivity index (χ0v) is 12.0. The first kappa shape index (κ1) is 14.8. The predicted octanol–water partition coefficient (Wildman–Crippen LogP) is 2.36. The summed E-state index contributed by atoms with van der Waals surface area (Å²) in [7, 11) is 0. The highest BCUT2D eigenvalue weighted by molar-refractivity contribution is 5.93. The van der Waals surface area contributed by atoms with E-state index in [1.54, 1.807) is 12.1 Å². The van der Waals surface area contributed by atoms with Gasteiger partial charge in [0.15, 0.2) is 6.61 Å². The third-order valence-corrected chi connectivity index (χ3v) is 2.60. The molecule has 0 bridgehead atoms. The van der Waals surface area contributed by atoms with Gasteiger partial charge in [0.1, 0.15) is 0 Å². The Bertz CT molecular complexity index is 622. The van der Waals surface area contributed by atoms with Gasteiger partial charge >= 0.3 is 5.97 Å². The van der Waals surface area contributed by atoms with Gasteiger partial charge in [0.25, 0.3) is 5.91 Å². The second-order valence-corrected chi connectivity index (χ2v) is 5.43. The fourth-order valence-electron chi connectivity index (χ4n) is 1.46. The fourth-order valence-corrected chi connectivity index (χ4v) is 1.46. The van der Waals surface area contributed by atoms with Crippen molar-refractivity contribution in [1.82, 2.24) is 5.16 Å². The number of carbonyl (C=O) groups excluding carboxylic acids is 2. The van der Waals surface area contributed by atoms with Crippen LogP contribution in [0.1, 0.15) is 37.0 Å². The van der Waals surface area contributed by atoms with Crippen LogP contribution < -0.4 is 5.32 Å². The molecule has 1 N–H and O–H groups in total. The lowest BCUT2D eigenvalue weighted by molar-refractivity contribution is -0.119. The summed E-state index contributed by atoms with van der Waals surface area (Å²) in [5.74, 6) is -0.980. The number of esters is 1. The molecule has 1 amide bonds. The largest absolute Gasteiger partial charge is 0.457 e. The number of nitrogens with one attached hydrogen (secondary N) is 1. The molecule has 2 rings (SSSR count). The molecule has 2 aromatic rings. The Labute approximate surface area is 121 Å². The van der Waals surface area contributed by atoms with Crippen molar-refractivity contribution in [2.45, 2.75) is 26.2 Å². The lowest BCUT2D eigenvalue weighted by atomic mass is 9.92. The Balaban J connectivity index is 1.85. The Morgan fingerprint density at radius 1 is 1.38 bits per heavy atom. The molecule has 2 heterocycles. The highest BCUT2D eigenvalue weighted by atomic mass is 16.5. The zero-order valence-electron chi connectivity index (χ0n) is 12.0. The summed E-state index contributed by atoms with van der Waals surface area (Å²) in [5.41, 5.74) is 0.531. The van der Waals surface area contributed by atoms with Crippen molar-refractivity contribution in [2.75, 3.05) is 11.9 Å². The first-order valence-corrected chi connectivity index (χ1v) is 6.34. The molecule has 0 saturated carbocycles. The van der Waals surface area contributed by atoms with Crippen molar-refractivity contribution in [3.8, 4) is 0 Å². The second-order valence-electron chi connectivity index (χ2n) is 5.43. The average Bonchev–Trinajstić information content (AvgIpc) is 3.05. The molecule has 0 radical (unpaired) electrons. The highest BCUT2D eigenvalue weighted by Gasteiger charge is 2.20. The molecule has 0 atom stereocenters. The summed E-state index contributed by atoms with van der Waals surface area (Å²) in [5, 5.41) is 6.32. The molecule has 0 spiro atoms. The van der Waals surface area contributed by atoms with Crippen LogP contribution in [0, 0.1) is 0 Å². The number of hydrogen-bond acceptors (Lipinski definition) is 6. The summed E-state index contributed by atoms with van der Waals surface area (Å²) in [4.78, 5) is 23.1. The van der Waals surface area contributed by atoms with E-state index in [1.165, 1.54) is 12.3 Å². The van der Waals surface area contributed by atoms with Crippen LogP contribution in [0.15, 0.2) is 33.4 Å². The number of hydrogen-bond donors (Lipinski definition) is 1. The Morgan fingerprint density at radius 3 is 2.71 bits per heavy atom. The molecule has 0 aliphatic rings. The number of nitrogens with zero attached hydrogens (tertiary/aromatic N) is 1. The van der Waals surface area contributed by atoms with Crippen LogP contribution in [0.5, 0.6) is 0 Å². The quantitative estimate of drug-likeness (QED) is 0.869. The van der Waals surface area contributed by atoms with E-state index in [-0.39, 0.29) is 17.1 Å². The number of furan rings is 1. The molecule has 2 aromatic heterocycles. The van der Waals surface area contributed by atoms with Gasteiger partial charge in [-0.25, -0.2) is 4.79 Å². The Hall–Kier alpha value is -2.57. The maximum absolute atomic E-state index is 11.6. The van der Waals surface area contributed by atoms with E-state index in [4.69, 9.17) is 13.7 Å². The van der Waals surface area contributed by atoms with Crippen molar-refractivity contribution in [3.05, 3.63) is 35.9 Å². The fraction of sp³-hybridized carbons (Fsp3) is 0.357. The minimum atomic E-state index is -0.705. The zero-order chi connectivity index (χ0) is 15.5. The molecule has 7 heteroatoms. The molecule has 21 heavy (non-hydrogen) atoms. The van der Waals surface area contributed by atoms with Gasteiger partial charge < -0.3 is 13.7 Å². The summed E-state index contributed by atoms with van der Waals surface area (Å²) >= 11 is 0. The summed E-state index contributed by atoms with van der Waals surface area (Å²) in [6.07, 6.45) is 1.35. The van der Waals surface area contributed by atoms with E-state index in [0.717, 1.165) is 0 Å². The normalized spacial score (nSPS) is 11.2. The van der Waals surface area contributed by atoms with Crippen LogP contribution in [-0.4, -0.2) is 23.6 Å². The first-order chi connectivity index (χ1) is 9.86. The summed E-state index contributed by atoms with van der Waals surface area (Å²) in [6.45, 7) is 5.48. The van der Waals surface area contributed by atoms with Crippen LogP contribution in [-0.2, 0) is 14.9 Å². The molecule has 0 aliphatic carbocycles. The molecule has 0 aromatic carbocycles. The minimum Gasteiger partial charge on any atom is -0.457 e. The third kappa shape index (κ3) is 3.95. The third-order valence-electron chi connectivity index (χ3n) is 2.60. The van der Waals surface area contributed by atoms with E-state index >= 15 is 0 Å². The van der Waals surface area contributed by atoms with E-state index < -0.39 is 18.5 Å². The van der Waals surface area contributed by atoms with Crippen LogP contribution in [0.2, 0.25) is 0 Å². The van der Waals surface area contributed by atoms with E-state index in [1.807, 2.05) is 20.8 Å². The van der Waals surface area contributed by atoms with Crippen molar-refractivity contribution < 1.29 is 23.3 Å². The summed E-state index contributed by atoms with van der Waals surface area (Å²) < 4.78 is 14.6. The van der Waals surface area contributed by atoms with Gasteiger partial charge in [0.2, 0.25) is 11.6 Å². The number of amides is 1. The van der Waals surface area contributed by atoms with Gasteiger partial charge in [-0.15, -0.1) is 0 Å². The average molecular weight is 292 g/mol. The minimum absolute atomic E-state index is 0.0393. The van der Waals surface area contributed by atoms with Gasteiger partial charge in [-0.3, -0.25) is 10.1 Å². The Kier molecular flexibility index (Phi) is 4.11. The predicted molar refractivity (Wildman–Crippen MR) is 72.8 cm³/mol. The van der Waals surface area contributed by atoms with Crippen molar-refractivity contribution in [2.24, 2.45) is 0 Å². The van der Waals surface area contributed by atoms with Crippen LogP contribution in [0.4, 0.5) is 5.88 Å². The number of anilines is 1. The second kappa shape index (κ2) is 5.82. The Morgan fingerprint density at radius 2 is 2.14 bits per heavy atom. The standard InChI is InChI=1S/C14H16N2O5/c1-14(2,3)10-7-12(21-16-10)15-11(17)8-20-13(18)9-5-4-6-19-9/h4-7H,8H2,1-3H3,(H,15,17). The maximum atomic E-state index is 11.6. The van der Waals surface area contributed by atoms with Gasteiger partial charge in [0, 0.05) is 11.5 Å². The topological polar surface area (TPSA) is 94.6 Å². The van der Waals surface area contributed by atoms with Crippen molar-refractivity contribution in [1.29, 1.82) is 0 Å². The number of ether oxygens (including phenoxy) is 1. The van der Waals surface area contributed by atoms with Crippen LogP contribution in [0.25, 0.3) is 0 Å². The molecular weight excluding hydrogens is 276 g/mol. The van der Waals surface area contributed by atoms with Crippen LogP contribution in [0.3, 0.4) is 0 Å². The van der Waals surface area contributed by atoms with E-state index in [0.29, 0.717) is 5.69 Å². The van der Waals surface area contributed by atoms with Gasteiger partial charge in [-0.05, 0) is 12.1 Å². The molecular formula is C14H16N2O5. The first-order valence-electron chi connectivity index (χ1n) is 6.34. The van der Waals surface area contributed by atoms with Crippen LogP contribution >= 0.6 is 0 Å². The molecule has 0 fully saturated rings. The smallest absolute Gasteiger partial charge is 0.374 e. The van der Waals surface area contributed by atoms with Crippen molar-refractivity contribution >= 4 is 17.8 Å². The SMILES string of the molecule is CC(C)(C)c1cc(NC(=O)COC(=O)c2ccco2)on1. The van der Waals surface area contributed by atoms with Gasteiger partial charge in [-0.1, -0.05) is 25.9 Å². The molecule has 7 nitrogen and oxygen atoms in total. The van der Waals surface area contributed by atoms with Gasteiger partial charge in [0.05, 0.1) is 12.0 Å². The van der Waals surface area contributed by atoms with E-state index in [9.17, 15) is 9.59 Å². The maximum Gasteiger partial charge on any atom is 0.374 e. The molecule has 112 valence electrons. The number of carbonyl (C=O) groups is 2. The number of rotatable bonds is 4. The van der Waals surface area contributed by atoms with Crippen molar-refractivity contribution in [3.63, 3.8) is 0 Å². The highest BCUT2D eigenvalue weighted by Crippen LogP contribution is 2.23. The molecule has 0 aliphatic heterocycles. The summed E-state index contributed by atoms with van der Waals surface area (Å²) in [6, 6.07) is 4.64. The molecule has 0 saturated heterocycles.